The van der Waals surface area contributed by atoms with Crippen molar-refractivity contribution in [3.05, 3.63) is 23.7 Å². The summed E-state index contributed by atoms with van der Waals surface area (Å²) >= 11 is 0. The molecular formula is C16H25NO3. The maximum Gasteiger partial charge on any atom is 0.371 e. The van der Waals surface area contributed by atoms with E-state index in [0.29, 0.717) is 5.41 Å². The lowest BCUT2D eigenvalue weighted by Gasteiger charge is -2.40. The van der Waals surface area contributed by atoms with Crippen molar-refractivity contribution in [2.75, 3.05) is 13.1 Å². The number of likely N-dealkylation sites (tertiary alicyclic amines) is 1. The van der Waals surface area contributed by atoms with Crippen molar-refractivity contribution in [1.29, 1.82) is 0 Å². The van der Waals surface area contributed by atoms with Gasteiger partial charge >= 0.3 is 5.97 Å². The molecule has 1 N–H and O–H groups in total. The predicted octanol–water partition coefficient (Wildman–Crippen LogP) is 3.80. The predicted molar refractivity (Wildman–Crippen MR) is 77.8 cm³/mol. The molecule has 0 saturated carbocycles. The van der Waals surface area contributed by atoms with E-state index in [-0.39, 0.29) is 11.8 Å². The number of carbonyl (C=O) groups is 1. The van der Waals surface area contributed by atoms with Gasteiger partial charge in [0.2, 0.25) is 5.76 Å². The maximum atomic E-state index is 10.9. The van der Waals surface area contributed by atoms with Gasteiger partial charge in [-0.05, 0) is 56.3 Å². The number of piperidine rings is 1. The van der Waals surface area contributed by atoms with Crippen LogP contribution >= 0.6 is 0 Å². The molecule has 1 fully saturated rings. The average molecular weight is 279 g/mol. The zero-order valence-electron chi connectivity index (χ0n) is 12.8. The Morgan fingerprint density at radius 1 is 1.35 bits per heavy atom. The minimum atomic E-state index is -1.00. The minimum Gasteiger partial charge on any atom is -0.475 e. The number of nitrogens with zero attached hydrogens (tertiary/aromatic N) is 1. The number of carboxylic acid groups (broad SMARTS) is 1. The number of hydrogen-bond acceptors (Lipinski definition) is 3. The molecule has 1 saturated heterocycles. The largest absolute Gasteiger partial charge is 0.475 e. The maximum absolute atomic E-state index is 10.9. The lowest BCUT2D eigenvalue weighted by molar-refractivity contribution is 0.0639. The Morgan fingerprint density at radius 3 is 2.40 bits per heavy atom. The van der Waals surface area contributed by atoms with Crippen LogP contribution in [0.1, 0.15) is 62.9 Å². The highest BCUT2D eigenvalue weighted by molar-refractivity contribution is 5.84. The van der Waals surface area contributed by atoms with Gasteiger partial charge in [-0.3, -0.25) is 4.90 Å². The Bertz CT molecular complexity index is 464. The summed E-state index contributed by atoms with van der Waals surface area (Å²) in [6.07, 6.45) is 2.39. The van der Waals surface area contributed by atoms with Crippen LogP contribution in [-0.4, -0.2) is 29.1 Å². The number of hydrogen-bond donors (Lipinski definition) is 1. The van der Waals surface area contributed by atoms with E-state index in [1.54, 1.807) is 6.07 Å². The quantitative estimate of drug-likeness (QED) is 0.914. The van der Waals surface area contributed by atoms with Gasteiger partial charge in [-0.15, -0.1) is 0 Å². The fourth-order valence-corrected chi connectivity index (χ4v) is 3.03. The minimum absolute atomic E-state index is 0.0245. The molecule has 4 heteroatoms. The summed E-state index contributed by atoms with van der Waals surface area (Å²) in [6.45, 7) is 11.1. The molecule has 20 heavy (non-hydrogen) atoms. The van der Waals surface area contributed by atoms with E-state index in [1.165, 1.54) is 18.9 Å². The SMILES string of the molecule is CC(c1ccc(C(=O)O)o1)N1CCC(C(C)(C)C)CC1. The van der Waals surface area contributed by atoms with E-state index in [1.807, 2.05) is 0 Å². The highest BCUT2D eigenvalue weighted by atomic mass is 16.4. The van der Waals surface area contributed by atoms with Gasteiger partial charge in [0.15, 0.2) is 0 Å². The molecule has 1 aromatic heterocycles. The van der Waals surface area contributed by atoms with Crippen molar-refractivity contribution in [2.24, 2.45) is 11.3 Å². The Kier molecular flexibility index (Phi) is 4.23. The second-order valence-electron chi connectivity index (χ2n) is 6.86. The molecule has 1 aromatic rings. The van der Waals surface area contributed by atoms with Crippen molar-refractivity contribution < 1.29 is 14.3 Å². The van der Waals surface area contributed by atoms with Crippen LogP contribution in [-0.2, 0) is 0 Å². The zero-order valence-corrected chi connectivity index (χ0v) is 12.8. The van der Waals surface area contributed by atoms with E-state index < -0.39 is 5.97 Å². The molecule has 1 unspecified atom stereocenters. The number of aromatic carboxylic acids is 1. The van der Waals surface area contributed by atoms with Crippen LogP contribution in [0, 0.1) is 11.3 Å². The van der Waals surface area contributed by atoms with Crippen molar-refractivity contribution in [2.45, 2.75) is 46.6 Å². The van der Waals surface area contributed by atoms with Crippen LogP contribution in [0.5, 0.6) is 0 Å². The molecular weight excluding hydrogens is 254 g/mol. The van der Waals surface area contributed by atoms with Crippen molar-refractivity contribution in [1.82, 2.24) is 4.90 Å². The molecule has 0 radical (unpaired) electrons. The van der Waals surface area contributed by atoms with E-state index in [0.717, 1.165) is 24.8 Å². The van der Waals surface area contributed by atoms with Gasteiger partial charge in [-0.2, -0.15) is 0 Å². The fraction of sp³-hybridized carbons (Fsp3) is 0.688. The first-order chi connectivity index (χ1) is 9.29. The molecule has 4 nitrogen and oxygen atoms in total. The highest BCUT2D eigenvalue weighted by Gasteiger charge is 2.31. The Morgan fingerprint density at radius 2 is 1.95 bits per heavy atom. The summed E-state index contributed by atoms with van der Waals surface area (Å²) in [5.41, 5.74) is 0.372. The first kappa shape index (κ1) is 15.1. The second kappa shape index (κ2) is 5.60. The highest BCUT2D eigenvalue weighted by Crippen LogP contribution is 2.36. The number of furan rings is 1. The van der Waals surface area contributed by atoms with E-state index >= 15 is 0 Å². The summed E-state index contributed by atoms with van der Waals surface area (Å²) in [6, 6.07) is 3.46. The van der Waals surface area contributed by atoms with Crippen LogP contribution in [0.15, 0.2) is 16.5 Å². The third-order valence-corrected chi connectivity index (χ3v) is 4.55. The molecule has 1 atom stereocenters. The molecule has 2 rings (SSSR count). The number of carboxylic acids is 1. The lowest BCUT2D eigenvalue weighted by Crippen LogP contribution is -2.39. The first-order valence-corrected chi connectivity index (χ1v) is 7.36. The molecule has 1 aliphatic rings. The molecule has 0 amide bonds. The summed E-state index contributed by atoms with van der Waals surface area (Å²) < 4.78 is 5.41. The van der Waals surface area contributed by atoms with Crippen LogP contribution in [0.25, 0.3) is 0 Å². The molecule has 1 aliphatic heterocycles. The molecule has 112 valence electrons. The molecule has 0 bridgehead atoms. The van der Waals surface area contributed by atoms with Gasteiger partial charge in [0.1, 0.15) is 5.76 Å². The fourth-order valence-electron chi connectivity index (χ4n) is 3.03. The van der Waals surface area contributed by atoms with E-state index in [4.69, 9.17) is 9.52 Å². The summed E-state index contributed by atoms with van der Waals surface area (Å²) in [5.74, 6) is 0.528. The van der Waals surface area contributed by atoms with Crippen molar-refractivity contribution in [3.63, 3.8) is 0 Å². The normalized spacial score (nSPS) is 20.0. The van der Waals surface area contributed by atoms with Gasteiger partial charge < -0.3 is 9.52 Å². The van der Waals surface area contributed by atoms with Gasteiger partial charge in [0.05, 0.1) is 6.04 Å². The van der Waals surface area contributed by atoms with Crippen LogP contribution in [0.4, 0.5) is 0 Å². The van der Waals surface area contributed by atoms with Gasteiger partial charge in [-0.1, -0.05) is 20.8 Å². The van der Waals surface area contributed by atoms with E-state index in [2.05, 4.69) is 32.6 Å². The Balaban J connectivity index is 1.97. The Labute approximate surface area is 120 Å². The molecule has 0 aromatic carbocycles. The lowest BCUT2D eigenvalue weighted by atomic mass is 9.75. The summed E-state index contributed by atoms with van der Waals surface area (Å²) in [7, 11) is 0. The van der Waals surface area contributed by atoms with Gasteiger partial charge in [-0.25, -0.2) is 4.79 Å². The molecule has 0 aliphatic carbocycles. The number of rotatable bonds is 3. The average Bonchev–Trinajstić information content (AvgIpc) is 2.86. The Hall–Kier alpha value is -1.29. The van der Waals surface area contributed by atoms with Gasteiger partial charge in [0.25, 0.3) is 0 Å². The van der Waals surface area contributed by atoms with Crippen LogP contribution in [0.2, 0.25) is 0 Å². The van der Waals surface area contributed by atoms with Crippen LogP contribution < -0.4 is 0 Å². The third kappa shape index (κ3) is 3.23. The summed E-state index contributed by atoms with van der Waals surface area (Å²) in [5, 5.41) is 8.91. The topological polar surface area (TPSA) is 53.7 Å². The third-order valence-electron chi connectivity index (χ3n) is 4.55. The van der Waals surface area contributed by atoms with Crippen molar-refractivity contribution in [3.8, 4) is 0 Å². The monoisotopic (exact) mass is 279 g/mol. The van der Waals surface area contributed by atoms with Gasteiger partial charge in [0, 0.05) is 0 Å². The summed E-state index contributed by atoms with van der Waals surface area (Å²) in [4.78, 5) is 13.2. The first-order valence-electron chi connectivity index (χ1n) is 7.36. The van der Waals surface area contributed by atoms with Crippen LogP contribution in [0.3, 0.4) is 0 Å². The zero-order chi connectivity index (χ0) is 14.9. The van der Waals surface area contributed by atoms with E-state index in [9.17, 15) is 4.79 Å². The van der Waals surface area contributed by atoms with Crippen molar-refractivity contribution >= 4 is 5.97 Å². The smallest absolute Gasteiger partial charge is 0.371 e. The second-order valence-corrected chi connectivity index (χ2v) is 6.86. The standard InChI is InChI=1S/C16H25NO3/c1-11(13-5-6-14(20-13)15(18)19)17-9-7-12(8-10-17)16(2,3)4/h5-6,11-12H,7-10H2,1-4H3,(H,18,19). The molecule has 0 spiro atoms. The molecule has 2 heterocycles.